The summed E-state index contributed by atoms with van der Waals surface area (Å²) >= 11 is 0. The molecule has 5 nitrogen and oxygen atoms in total. The number of hydrogen-bond acceptors (Lipinski definition) is 5. The number of halogens is 1. The molecule has 0 saturated carbocycles. The van der Waals surface area contributed by atoms with Crippen LogP contribution in [0.4, 0.5) is 10.1 Å². The maximum atomic E-state index is 12.0. The third-order valence-corrected chi connectivity index (χ3v) is 2.80. The fourth-order valence-electron chi connectivity index (χ4n) is 1.86. The molecule has 0 unspecified atom stereocenters. The van der Waals surface area contributed by atoms with Gasteiger partial charge in [-0.1, -0.05) is 24.3 Å². The standard InChI is InChI=1S/C16H21FN4O/c1-4-7-13(8-5-6-9-17)11-19-15-14(10-18)20-12(2)21-16(15)22-3/h4,6-10,18-19H,5,11H2,1-3H3/b7-4-,9-6+,13-8?,18-10?. The first-order chi connectivity index (χ1) is 10.7. The van der Waals surface area contributed by atoms with Gasteiger partial charge in [-0.15, -0.1) is 0 Å². The van der Waals surface area contributed by atoms with E-state index in [4.69, 9.17) is 10.1 Å². The normalized spacial score (nSPS) is 12.1. The predicted octanol–water partition coefficient (Wildman–Crippen LogP) is 3.58. The summed E-state index contributed by atoms with van der Waals surface area (Å²) in [5.74, 6) is 0.938. The summed E-state index contributed by atoms with van der Waals surface area (Å²) in [5, 5.41) is 10.6. The first kappa shape index (κ1) is 17.6. The van der Waals surface area contributed by atoms with Gasteiger partial charge in [0.1, 0.15) is 17.2 Å². The van der Waals surface area contributed by atoms with Crippen LogP contribution in [0.5, 0.6) is 5.88 Å². The average Bonchev–Trinajstić information content (AvgIpc) is 2.52. The lowest BCUT2D eigenvalue weighted by molar-refractivity contribution is 0.397. The van der Waals surface area contributed by atoms with Crippen LogP contribution in [0.3, 0.4) is 0 Å². The van der Waals surface area contributed by atoms with E-state index in [0.29, 0.717) is 42.4 Å². The molecule has 118 valence electrons. The Hall–Kier alpha value is -2.50. The van der Waals surface area contributed by atoms with Crippen molar-refractivity contribution in [2.75, 3.05) is 19.0 Å². The van der Waals surface area contributed by atoms with Crippen LogP contribution < -0.4 is 10.1 Å². The van der Waals surface area contributed by atoms with Gasteiger partial charge >= 0.3 is 0 Å². The minimum Gasteiger partial charge on any atom is -0.479 e. The van der Waals surface area contributed by atoms with Gasteiger partial charge in [-0.05, 0) is 25.8 Å². The van der Waals surface area contributed by atoms with Crippen molar-refractivity contribution in [2.24, 2.45) is 0 Å². The van der Waals surface area contributed by atoms with Crippen molar-refractivity contribution in [1.82, 2.24) is 9.97 Å². The summed E-state index contributed by atoms with van der Waals surface area (Å²) in [6.07, 6.45) is 9.39. The molecule has 22 heavy (non-hydrogen) atoms. The highest BCUT2D eigenvalue weighted by Gasteiger charge is 2.12. The molecular weight excluding hydrogens is 283 g/mol. The Balaban J connectivity index is 2.97. The topological polar surface area (TPSA) is 70.9 Å². The summed E-state index contributed by atoms with van der Waals surface area (Å²) in [6, 6.07) is 0. The molecule has 2 N–H and O–H groups in total. The number of aromatic nitrogens is 2. The van der Waals surface area contributed by atoms with Gasteiger partial charge < -0.3 is 15.5 Å². The number of hydrogen-bond donors (Lipinski definition) is 2. The monoisotopic (exact) mass is 304 g/mol. The molecule has 6 heteroatoms. The Labute approximate surface area is 130 Å². The summed E-state index contributed by atoms with van der Waals surface area (Å²) in [4.78, 5) is 8.41. The van der Waals surface area contributed by atoms with Gasteiger partial charge in [0.25, 0.3) is 0 Å². The maximum absolute atomic E-state index is 12.0. The Bertz CT molecular complexity index is 594. The lowest BCUT2D eigenvalue weighted by atomic mass is 10.2. The fraction of sp³-hybridized carbons (Fsp3) is 0.312. The van der Waals surface area contributed by atoms with Crippen molar-refractivity contribution >= 4 is 11.9 Å². The van der Waals surface area contributed by atoms with Gasteiger partial charge in [-0.2, -0.15) is 4.98 Å². The van der Waals surface area contributed by atoms with Crippen LogP contribution in [0.25, 0.3) is 0 Å². The van der Waals surface area contributed by atoms with Gasteiger partial charge in [0, 0.05) is 12.8 Å². The number of anilines is 1. The van der Waals surface area contributed by atoms with E-state index in [2.05, 4.69) is 15.3 Å². The van der Waals surface area contributed by atoms with Crippen LogP contribution in [-0.2, 0) is 0 Å². The summed E-state index contributed by atoms with van der Waals surface area (Å²) in [7, 11) is 1.52. The molecule has 1 rings (SSSR count). The van der Waals surface area contributed by atoms with E-state index in [0.717, 1.165) is 11.8 Å². The van der Waals surface area contributed by atoms with Crippen LogP contribution in [0, 0.1) is 12.3 Å². The zero-order valence-corrected chi connectivity index (χ0v) is 13.1. The van der Waals surface area contributed by atoms with E-state index in [1.165, 1.54) is 13.2 Å². The van der Waals surface area contributed by atoms with E-state index in [9.17, 15) is 4.39 Å². The lowest BCUT2D eigenvalue weighted by Gasteiger charge is -2.13. The zero-order chi connectivity index (χ0) is 16.4. The molecule has 0 atom stereocenters. The quantitative estimate of drug-likeness (QED) is 0.569. The maximum Gasteiger partial charge on any atom is 0.241 e. The third kappa shape index (κ3) is 5.12. The minimum atomic E-state index is 0.398. The molecule has 0 bridgehead atoms. The highest BCUT2D eigenvalue weighted by molar-refractivity contribution is 5.85. The van der Waals surface area contributed by atoms with Crippen molar-refractivity contribution in [2.45, 2.75) is 20.3 Å². The van der Waals surface area contributed by atoms with Crippen LogP contribution in [-0.4, -0.2) is 29.8 Å². The largest absolute Gasteiger partial charge is 0.479 e. The second-order valence-corrected chi connectivity index (χ2v) is 4.41. The van der Waals surface area contributed by atoms with Crippen molar-refractivity contribution < 1.29 is 9.13 Å². The smallest absolute Gasteiger partial charge is 0.241 e. The fourth-order valence-corrected chi connectivity index (χ4v) is 1.86. The van der Waals surface area contributed by atoms with Crippen LogP contribution in [0.15, 0.2) is 36.2 Å². The predicted molar refractivity (Wildman–Crippen MR) is 87.5 cm³/mol. The first-order valence-corrected chi connectivity index (χ1v) is 6.90. The zero-order valence-electron chi connectivity index (χ0n) is 13.1. The molecule has 0 radical (unpaired) electrons. The molecule has 0 spiro atoms. The van der Waals surface area contributed by atoms with Gasteiger partial charge in [0.2, 0.25) is 5.88 Å². The SMILES string of the molecule is C/C=C\C(=CC/C=C/F)CNc1c(C=N)nc(C)nc1OC. The summed E-state index contributed by atoms with van der Waals surface area (Å²) in [6.45, 7) is 4.15. The van der Waals surface area contributed by atoms with E-state index >= 15 is 0 Å². The number of aryl methyl sites for hydroxylation is 1. The number of allylic oxidation sites excluding steroid dienone is 3. The molecule has 0 saturated heterocycles. The second kappa shape index (κ2) is 9.44. The molecule has 1 aromatic heterocycles. The van der Waals surface area contributed by atoms with E-state index in [1.807, 2.05) is 25.2 Å². The van der Waals surface area contributed by atoms with Gasteiger partial charge in [-0.25, -0.2) is 9.37 Å². The minimum absolute atomic E-state index is 0.398. The van der Waals surface area contributed by atoms with E-state index in [-0.39, 0.29) is 0 Å². The first-order valence-electron chi connectivity index (χ1n) is 6.90. The molecule has 1 aromatic rings. The van der Waals surface area contributed by atoms with Crippen molar-refractivity contribution in [3.05, 3.63) is 47.7 Å². The Morgan fingerprint density at radius 3 is 2.77 bits per heavy atom. The molecular formula is C16H21FN4O. The molecule has 0 fully saturated rings. The summed E-state index contributed by atoms with van der Waals surface area (Å²) < 4.78 is 17.3. The number of nitrogens with one attached hydrogen (secondary N) is 2. The van der Waals surface area contributed by atoms with Crippen LogP contribution in [0.2, 0.25) is 0 Å². The molecule has 0 aliphatic heterocycles. The lowest BCUT2D eigenvalue weighted by Crippen LogP contribution is -2.11. The number of rotatable bonds is 8. The average molecular weight is 304 g/mol. The van der Waals surface area contributed by atoms with Crippen LogP contribution in [0.1, 0.15) is 24.9 Å². The highest BCUT2D eigenvalue weighted by Crippen LogP contribution is 2.24. The van der Waals surface area contributed by atoms with Crippen molar-refractivity contribution in [3.63, 3.8) is 0 Å². The van der Waals surface area contributed by atoms with Gasteiger partial charge in [-0.3, -0.25) is 0 Å². The second-order valence-electron chi connectivity index (χ2n) is 4.41. The van der Waals surface area contributed by atoms with E-state index < -0.39 is 0 Å². The summed E-state index contributed by atoms with van der Waals surface area (Å²) in [5.41, 5.74) is 2.02. The van der Waals surface area contributed by atoms with Crippen molar-refractivity contribution in [3.8, 4) is 5.88 Å². The molecule has 0 aromatic carbocycles. The molecule has 0 aliphatic rings. The van der Waals surface area contributed by atoms with Gasteiger partial charge in [0.15, 0.2) is 0 Å². The van der Waals surface area contributed by atoms with Crippen molar-refractivity contribution in [1.29, 1.82) is 5.41 Å². The Morgan fingerprint density at radius 2 is 2.18 bits per heavy atom. The molecule has 0 amide bonds. The molecule has 0 aliphatic carbocycles. The van der Waals surface area contributed by atoms with E-state index in [1.54, 1.807) is 6.92 Å². The van der Waals surface area contributed by atoms with Gasteiger partial charge in [0.05, 0.1) is 13.4 Å². The third-order valence-electron chi connectivity index (χ3n) is 2.80. The Morgan fingerprint density at radius 1 is 1.41 bits per heavy atom. The Kier molecular flexibility index (Phi) is 7.53. The number of methoxy groups -OCH3 is 1. The highest BCUT2D eigenvalue weighted by atomic mass is 19.1. The number of ether oxygens (including phenoxy) is 1. The number of nitrogens with zero attached hydrogens (tertiary/aromatic N) is 2. The molecule has 1 heterocycles. The van der Waals surface area contributed by atoms with Crippen LogP contribution >= 0.6 is 0 Å².